The monoisotopic (exact) mass is 356 g/mol. The molecule has 1 unspecified atom stereocenters. The van der Waals surface area contributed by atoms with E-state index in [1.54, 1.807) is 20.8 Å². The molecule has 116 valence electrons. The maximum Gasteiger partial charge on any atom is 0.326 e. The zero-order chi connectivity index (χ0) is 16.2. The van der Waals surface area contributed by atoms with E-state index >= 15 is 0 Å². The Bertz CT molecular complexity index is 509. The lowest BCUT2D eigenvalue weighted by molar-refractivity contribution is -0.141. The first-order chi connectivity index (χ1) is 9.61. The summed E-state index contributed by atoms with van der Waals surface area (Å²) >= 11 is 3.35. The van der Waals surface area contributed by atoms with Crippen LogP contribution in [-0.2, 0) is 4.79 Å². The van der Waals surface area contributed by atoms with Crippen molar-refractivity contribution in [2.45, 2.75) is 39.8 Å². The van der Waals surface area contributed by atoms with Crippen molar-refractivity contribution >= 4 is 27.9 Å². The summed E-state index contributed by atoms with van der Waals surface area (Å²) in [6.07, 6.45) is 0. The molecule has 0 aliphatic heterocycles. The fourth-order valence-electron chi connectivity index (χ4n) is 1.85. The molecule has 21 heavy (non-hydrogen) atoms. The van der Waals surface area contributed by atoms with Gasteiger partial charge in [0.05, 0.1) is 6.04 Å². The Morgan fingerprint density at radius 1 is 1.14 bits per heavy atom. The highest BCUT2D eigenvalue weighted by Crippen LogP contribution is 2.20. The van der Waals surface area contributed by atoms with Gasteiger partial charge in [-0.15, -0.1) is 0 Å². The summed E-state index contributed by atoms with van der Waals surface area (Å²) < 4.78 is 0.960. The topological polar surface area (TPSA) is 78.4 Å². The zero-order valence-corrected chi connectivity index (χ0v) is 14.2. The third-order valence-corrected chi connectivity index (χ3v) is 3.63. The van der Waals surface area contributed by atoms with Crippen molar-refractivity contribution in [3.8, 4) is 0 Å². The largest absolute Gasteiger partial charge is 0.480 e. The van der Waals surface area contributed by atoms with E-state index in [1.165, 1.54) is 0 Å². The fraction of sp³-hybridized carbons (Fsp3) is 0.467. The smallest absolute Gasteiger partial charge is 0.326 e. The van der Waals surface area contributed by atoms with Crippen LogP contribution in [0.3, 0.4) is 0 Å². The molecule has 1 rings (SSSR count). The molecule has 6 heteroatoms. The van der Waals surface area contributed by atoms with E-state index in [0.29, 0.717) is 0 Å². The molecular weight excluding hydrogens is 336 g/mol. The highest BCUT2D eigenvalue weighted by atomic mass is 79.9. The molecule has 0 aromatic heterocycles. The molecule has 1 aromatic carbocycles. The molecule has 0 saturated carbocycles. The minimum absolute atomic E-state index is 0.215. The molecule has 0 radical (unpaired) electrons. The summed E-state index contributed by atoms with van der Waals surface area (Å²) in [7, 11) is 0. The maximum atomic E-state index is 12.0. The van der Waals surface area contributed by atoms with Crippen molar-refractivity contribution in [1.29, 1.82) is 0 Å². The summed E-state index contributed by atoms with van der Waals surface area (Å²) in [5.41, 5.74) is 0.375. The molecule has 0 saturated heterocycles. The second-order valence-corrected chi connectivity index (χ2v) is 6.94. The van der Waals surface area contributed by atoms with Crippen LogP contribution >= 0.6 is 15.9 Å². The van der Waals surface area contributed by atoms with Gasteiger partial charge in [-0.25, -0.2) is 9.59 Å². The number of rotatable bonds is 4. The van der Waals surface area contributed by atoms with Gasteiger partial charge >= 0.3 is 12.0 Å². The van der Waals surface area contributed by atoms with Crippen LogP contribution in [0.5, 0.6) is 0 Å². The van der Waals surface area contributed by atoms with Gasteiger partial charge in [0.25, 0.3) is 0 Å². The number of urea groups is 1. The standard InChI is InChI=1S/C15H21BrN2O3/c1-9(10-5-7-11(16)8-6-10)17-14(21)18-12(13(19)20)15(2,3)4/h5-9,12H,1-4H3,(H,19,20)(H2,17,18,21)/t9?,12-/m0/s1. The first kappa shape index (κ1) is 17.5. The highest BCUT2D eigenvalue weighted by molar-refractivity contribution is 9.10. The van der Waals surface area contributed by atoms with Crippen molar-refractivity contribution in [3.63, 3.8) is 0 Å². The number of benzene rings is 1. The second-order valence-electron chi connectivity index (χ2n) is 6.03. The first-order valence-corrected chi connectivity index (χ1v) is 7.46. The minimum atomic E-state index is -1.05. The van der Waals surface area contributed by atoms with Gasteiger partial charge in [-0.05, 0) is 30.0 Å². The van der Waals surface area contributed by atoms with Crippen LogP contribution < -0.4 is 10.6 Å². The molecule has 0 aliphatic rings. The summed E-state index contributed by atoms with van der Waals surface area (Å²) in [5, 5.41) is 14.4. The Balaban J connectivity index is 2.68. The third kappa shape index (κ3) is 5.38. The summed E-state index contributed by atoms with van der Waals surface area (Å²) in [5.74, 6) is -1.05. The van der Waals surface area contributed by atoms with Gasteiger partial charge in [0, 0.05) is 4.47 Å². The average molecular weight is 357 g/mol. The van der Waals surface area contributed by atoms with E-state index in [0.717, 1.165) is 10.0 Å². The molecular formula is C15H21BrN2O3. The lowest BCUT2D eigenvalue weighted by Crippen LogP contribution is -2.52. The molecule has 0 spiro atoms. The van der Waals surface area contributed by atoms with Gasteiger partial charge in [0.2, 0.25) is 0 Å². The predicted octanol–water partition coefficient (Wildman–Crippen LogP) is 3.31. The quantitative estimate of drug-likeness (QED) is 0.774. The molecule has 0 bridgehead atoms. The lowest BCUT2D eigenvalue weighted by atomic mass is 9.87. The first-order valence-electron chi connectivity index (χ1n) is 6.66. The van der Waals surface area contributed by atoms with Crippen LogP contribution in [0.1, 0.15) is 39.3 Å². The Morgan fingerprint density at radius 3 is 2.10 bits per heavy atom. The van der Waals surface area contributed by atoms with Crippen molar-refractivity contribution in [2.75, 3.05) is 0 Å². The molecule has 1 aromatic rings. The number of carbonyl (C=O) groups is 2. The zero-order valence-electron chi connectivity index (χ0n) is 12.6. The average Bonchev–Trinajstić information content (AvgIpc) is 2.35. The van der Waals surface area contributed by atoms with Crippen molar-refractivity contribution in [2.24, 2.45) is 5.41 Å². The van der Waals surface area contributed by atoms with Crippen molar-refractivity contribution < 1.29 is 14.7 Å². The molecule has 5 nitrogen and oxygen atoms in total. The SMILES string of the molecule is CC(NC(=O)N[C@@H](C(=O)O)C(C)(C)C)c1ccc(Br)cc1. The number of halogens is 1. The Labute approximate surface area is 133 Å². The van der Waals surface area contributed by atoms with E-state index in [-0.39, 0.29) is 6.04 Å². The van der Waals surface area contributed by atoms with Crippen LogP contribution in [0.4, 0.5) is 4.79 Å². The Morgan fingerprint density at radius 2 is 1.67 bits per heavy atom. The van der Waals surface area contributed by atoms with Crippen molar-refractivity contribution in [1.82, 2.24) is 10.6 Å². The normalized spacial score (nSPS) is 14.1. The second kappa shape index (κ2) is 6.93. The van der Waals surface area contributed by atoms with Crippen LogP contribution in [-0.4, -0.2) is 23.1 Å². The van der Waals surface area contributed by atoms with Gasteiger partial charge in [-0.1, -0.05) is 48.8 Å². The molecule has 0 aliphatic carbocycles. The van der Waals surface area contributed by atoms with Crippen molar-refractivity contribution in [3.05, 3.63) is 34.3 Å². The molecule has 0 heterocycles. The van der Waals surface area contributed by atoms with Gasteiger partial charge in [-0.2, -0.15) is 0 Å². The van der Waals surface area contributed by atoms with Gasteiger partial charge < -0.3 is 15.7 Å². The van der Waals surface area contributed by atoms with E-state index in [9.17, 15) is 14.7 Å². The van der Waals surface area contributed by atoms with E-state index in [1.807, 2.05) is 31.2 Å². The number of aliphatic carboxylic acids is 1. The number of carbonyl (C=O) groups excluding carboxylic acids is 1. The third-order valence-electron chi connectivity index (χ3n) is 3.11. The molecule has 3 N–H and O–H groups in total. The molecule has 0 fully saturated rings. The van der Waals surface area contributed by atoms with Gasteiger partial charge in [0.1, 0.15) is 6.04 Å². The van der Waals surface area contributed by atoms with Gasteiger partial charge in [0.15, 0.2) is 0 Å². The Hall–Kier alpha value is -1.56. The number of carboxylic acids is 1. The van der Waals surface area contributed by atoms with Crippen LogP contribution in [0, 0.1) is 5.41 Å². The van der Waals surface area contributed by atoms with Crippen LogP contribution in [0.15, 0.2) is 28.7 Å². The fourth-order valence-corrected chi connectivity index (χ4v) is 2.12. The van der Waals surface area contributed by atoms with Gasteiger partial charge in [-0.3, -0.25) is 0 Å². The van der Waals surface area contributed by atoms with E-state index < -0.39 is 23.5 Å². The van der Waals surface area contributed by atoms with E-state index in [2.05, 4.69) is 26.6 Å². The minimum Gasteiger partial charge on any atom is -0.480 e. The predicted molar refractivity (Wildman–Crippen MR) is 85.1 cm³/mol. The summed E-state index contributed by atoms with van der Waals surface area (Å²) in [6.45, 7) is 7.15. The maximum absolute atomic E-state index is 12.0. The number of hydrogen-bond acceptors (Lipinski definition) is 2. The summed E-state index contributed by atoms with van der Waals surface area (Å²) in [6, 6.07) is 5.91. The lowest BCUT2D eigenvalue weighted by Gasteiger charge is -2.28. The highest BCUT2D eigenvalue weighted by Gasteiger charge is 2.32. The number of amides is 2. The number of hydrogen-bond donors (Lipinski definition) is 3. The van der Waals surface area contributed by atoms with E-state index in [4.69, 9.17) is 0 Å². The van der Waals surface area contributed by atoms with Crippen LogP contribution in [0.2, 0.25) is 0 Å². The molecule has 2 amide bonds. The Kier molecular flexibility index (Phi) is 5.78. The number of nitrogens with one attached hydrogen (secondary N) is 2. The number of carboxylic acid groups (broad SMARTS) is 1. The van der Waals surface area contributed by atoms with Crippen LogP contribution in [0.25, 0.3) is 0 Å². The molecule has 2 atom stereocenters. The summed E-state index contributed by atoms with van der Waals surface area (Å²) in [4.78, 5) is 23.2.